The molecule has 116 valence electrons. The van der Waals surface area contributed by atoms with Crippen molar-refractivity contribution in [3.63, 3.8) is 0 Å². The first-order valence-corrected chi connectivity index (χ1v) is 9.73. The number of rotatable bonds is 4. The lowest BCUT2D eigenvalue weighted by atomic mass is 9.80. The summed E-state index contributed by atoms with van der Waals surface area (Å²) < 4.78 is 0. The van der Waals surface area contributed by atoms with E-state index in [0.29, 0.717) is 0 Å². The minimum absolute atomic E-state index is 1.07. The molecule has 0 radical (unpaired) electrons. The average Bonchev–Trinajstić information content (AvgIpc) is 2.50. The van der Waals surface area contributed by atoms with Crippen LogP contribution in [0, 0.1) is 17.8 Å². The Balaban J connectivity index is 1.41. The molecule has 1 heterocycles. The van der Waals surface area contributed by atoms with E-state index in [4.69, 9.17) is 0 Å². The van der Waals surface area contributed by atoms with Crippen LogP contribution in [0.25, 0.3) is 0 Å². The third kappa shape index (κ3) is 4.48. The lowest BCUT2D eigenvalue weighted by Gasteiger charge is -2.35. The summed E-state index contributed by atoms with van der Waals surface area (Å²) in [5.74, 6) is 3.25. The van der Waals surface area contributed by atoms with Crippen LogP contribution in [-0.4, -0.2) is 19.6 Å². The molecule has 2 aliphatic carbocycles. The van der Waals surface area contributed by atoms with Crippen molar-refractivity contribution in [1.82, 2.24) is 0 Å². The van der Waals surface area contributed by atoms with Crippen LogP contribution in [0.5, 0.6) is 0 Å². The second-order valence-electron chi connectivity index (χ2n) is 8.16. The fourth-order valence-electron chi connectivity index (χ4n) is 5.33. The van der Waals surface area contributed by atoms with E-state index in [9.17, 15) is 0 Å². The van der Waals surface area contributed by atoms with E-state index in [1.54, 1.807) is 25.7 Å². The van der Waals surface area contributed by atoms with E-state index in [2.05, 4.69) is 0 Å². The molecule has 1 saturated heterocycles. The maximum Gasteiger partial charge on any atom is 0.0799 e. The van der Waals surface area contributed by atoms with E-state index in [-0.39, 0.29) is 0 Å². The zero-order valence-electron chi connectivity index (χ0n) is 13.5. The van der Waals surface area contributed by atoms with Gasteiger partial charge in [-0.25, -0.2) is 0 Å². The van der Waals surface area contributed by atoms with E-state index in [1.165, 1.54) is 77.4 Å². The molecule has 3 rings (SSSR count). The Morgan fingerprint density at radius 1 is 0.600 bits per heavy atom. The molecule has 0 aromatic rings. The second kappa shape index (κ2) is 7.82. The summed E-state index contributed by atoms with van der Waals surface area (Å²) in [4.78, 5) is 1.98. The molecule has 0 bridgehead atoms. The minimum atomic E-state index is 1.07. The number of quaternary nitrogens is 1. The van der Waals surface area contributed by atoms with Crippen molar-refractivity contribution in [3.05, 3.63) is 0 Å². The molecule has 0 spiro atoms. The summed E-state index contributed by atoms with van der Waals surface area (Å²) in [6.45, 7) is 4.52. The largest absolute Gasteiger partial charge is 0.334 e. The first kappa shape index (κ1) is 14.9. The van der Waals surface area contributed by atoms with Gasteiger partial charge in [-0.3, -0.25) is 0 Å². The molecule has 20 heavy (non-hydrogen) atoms. The highest BCUT2D eigenvalue weighted by molar-refractivity contribution is 4.72. The van der Waals surface area contributed by atoms with Crippen LogP contribution in [0.2, 0.25) is 0 Å². The highest BCUT2D eigenvalue weighted by Crippen LogP contribution is 2.30. The minimum Gasteiger partial charge on any atom is -0.334 e. The summed E-state index contributed by atoms with van der Waals surface area (Å²) in [6, 6.07) is 0. The van der Waals surface area contributed by atoms with Gasteiger partial charge in [-0.2, -0.15) is 0 Å². The molecule has 0 aromatic carbocycles. The number of piperidine rings is 1. The van der Waals surface area contributed by atoms with E-state index in [0.717, 1.165) is 17.8 Å². The number of hydrogen-bond donors (Lipinski definition) is 1. The van der Waals surface area contributed by atoms with E-state index in [1.807, 2.05) is 4.90 Å². The van der Waals surface area contributed by atoms with Gasteiger partial charge < -0.3 is 4.90 Å². The quantitative estimate of drug-likeness (QED) is 0.797. The Morgan fingerprint density at radius 3 is 1.90 bits per heavy atom. The van der Waals surface area contributed by atoms with Crippen molar-refractivity contribution >= 4 is 0 Å². The first-order valence-electron chi connectivity index (χ1n) is 9.73. The monoisotopic (exact) mass is 278 g/mol. The summed E-state index contributed by atoms with van der Waals surface area (Å²) in [5, 5.41) is 0. The van der Waals surface area contributed by atoms with Crippen LogP contribution < -0.4 is 4.90 Å². The van der Waals surface area contributed by atoms with Gasteiger partial charge in [0.1, 0.15) is 0 Å². The molecule has 3 aliphatic rings. The SMILES string of the molecule is C1CCC(CC2CCC[NH+](CC3CCCCC3)C2)CC1. The van der Waals surface area contributed by atoms with Gasteiger partial charge >= 0.3 is 0 Å². The van der Waals surface area contributed by atoms with Crippen molar-refractivity contribution in [2.75, 3.05) is 19.6 Å². The summed E-state index contributed by atoms with van der Waals surface area (Å²) in [7, 11) is 0. The molecule has 2 saturated carbocycles. The van der Waals surface area contributed by atoms with Crippen molar-refractivity contribution < 1.29 is 4.90 Å². The van der Waals surface area contributed by atoms with Crippen molar-refractivity contribution in [3.8, 4) is 0 Å². The molecule has 1 aliphatic heterocycles. The van der Waals surface area contributed by atoms with Crippen LogP contribution in [0.15, 0.2) is 0 Å². The molecule has 1 heteroatoms. The normalized spacial score (nSPS) is 34.2. The Kier molecular flexibility index (Phi) is 5.82. The number of likely N-dealkylation sites (tertiary alicyclic amines) is 1. The van der Waals surface area contributed by atoms with E-state index >= 15 is 0 Å². The van der Waals surface area contributed by atoms with Gasteiger partial charge in [0.15, 0.2) is 0 Å². The summed E-state index contributed by atoms with van der Waals surface area (Å²) in [6.07, 6.45) is 19.9. The van der Waals surface area contributed by atoms with Crippen molar-refractivity contribution in [1.29, 1.82) is 0 Å². The first-order chi connectivity index (χ1) is 9.90. The lowest BCUT2D eigenvalue weighted by Crippen LogP contribution is -3.14. The van der Waals surface area contributed by atoms with Crippen LogP contribution in [-0.2, 0) is 0 Å². The van der Waals surface area contributed by atoms with Gasteiger partial charge in [-0.15, -0.1) is 0 Å². The third-order valence-corrected chi connectivity index (χ3v) is 6.41. The molecule has 0 aromatic heterocycles. The zero-order chi connectivity index (χ0) is 13.6. The Bertz CT molecular complexity index is 237. The second-order valence-corrected chi connectivity index (χ2v) is 8.16. The standard InChI is InChI=1S/C19H35N/c1-3-8-17(9-4-1)14-19-12-7-13-20(16-19)15-18-10-5-2-6-11-18/h17-19H,1-16H2/p+1. The predicted molar refractivity (Wildman–Crippen MR) is 86.1 cm³/mol. The van der Waals surface area contributed by atoms with Crippen LogP contribution >= 0.6 is 0 Å². The molecular weight excluding hydrogens is 242 g/mol. The van der Waals surface area contributed by atoms with Crippen LogP contribution in [0.1, 0.15) is 83.5 Å². The molecule has 1 N–H and O–H groups in total. The maximum absolute atomic E-state index is 1.98. The molecule has 2 atom stereocenters. The van der Waals surface area contributed by atoms with Crippen LogP contribution in [0.4, 0.5) is 0 Å². The average molecular weight is 279 g/mol. The summed E-state index contributed by atoms with van der Waals surface area (Å²) in [5.41, 5.74) is 0. The molecular formula is C19H36N+. The highest BCUT2D eigenvalue weighted by atomic mass is 15.1. The van der Waals surface area contributed by atoms with Gasteiger partial charge in [0.2, 0.25) is 0 Å². The van der Waals surface area contributed by atoms with Crippen molar-refractivity contribution in [2.24, 2.45) is 17.8 Å². The number of nitrogens with one attached hydrogen (secondary N) is 1. The van der Waals surface area contributed by atoms with Crippen LogP contribution in [0.3, 0.4) is 0 Å². The van der Waals surface area contributed by atoms with Gasteiger partial charge in [0, 0.05) is 11.8 Å². The molecule has 3 fully saturated rings. The van der Waals surface area contributed by atoms with E-state index < -0.39 is 0 Å². The predicted octanol–water partition coefficient (Wildman–Crippen LogP) is 3.83. The Hall–Kier alpha value is -0.0400. The fourth-order valence-corrected chi connectivity index (χ4v) is 5.33. The van der Waals surface area contributed by atoms with Gasteiger partial charge in [-0.05, 0) is 38.0 Å². The zero-order valence-corrected chi connectivity index (χ0v) is 13.5. The topological polar surface area (TPSA) is 4.44 Å². The molecule has 1 nitrogen and oxygen atoms in total. The Labute approximate surface area is 126 Å². The fraction of sp³-hybridized carbons (Fsp3) is 1.00. The third-order valence-electron chi connectivity index (χ3n) is 6.41. The smallest absolute Gasteiger partial charge is 0.0799 e. The maximum atomic E-state index is 1.98. The van der Waals surface area contributed by atoms with Gasteiger partial charge in [0.05, 0.1) is 19.6 Å². The highest BCUT2D eigenvalue weighted by Gasteiger charge is 2.28. The Morgan fingerprint density at radius 2 is 1.20 bits per heavy atom. The number of hydrogen-bond acceptors (Lipinski definition) is 0. The van der Waals surface area contributed by atoms with Gasteiger partial charge in [0.25, 0.3) is 0 Å². The summed E-state index contributed by atoms with van der Waals surface area (Å²) >= 11 is 0. The molecule has 0 amide bonds. The molecule has 2 unspecified atom stereocenters. The lowest BCUT2D eigenvalue weighted by molar-refractivity contribution is -0.912. The van der Waals surface area contributed by atoms with Crippen molar-refractivity contribution in [2.45, 2.75) is 83.5 Å². The van der Waals surface area contributed by atoms with Gasteiger partial charge in [-0.1, -0.05) is 51.4 Å².